The molecule has 1 atom stereocenters. The van der Waals surface area contributed by atoms with Crippen LogP contribution in [-0.2, 0) is 16.1 Å². The van der Waals surface area contributed by atoms with Crippen LogP contribution in [0.2, 0.25) is 0 Å². The fraction of sp³-hybridized carbons (Fsp3) is 0.615. The van der Waals surface area contributed by atoms with Crippen LogP contribution in [0.1, 0.15) is 77.6 Å². The van der Waals surface area contributed by atoms with E-state index in [-0.39, 0.29) is 18.7 Å². The van der Waals surface area contributed by atoms with Crippen LogP contribution < -0.4 is 11.1 Å². The molecule has 3 N–H and O–H groups in total. The monoisotopic (exact) mass is 483 g/mol. The van der Waals surface area contributed by atoms with E-state index < -0.39 is 23.8 Å². The Balaban J connectivity index is 1.25. The number of piperidine rings is 1. The third kappa shape index (κ3) is 6.15. The van der Waals surface area contributed by atoms with Gasteiger partial charge in [0.25, 0.3) is 11.8 Å². The average molecular weight is 484 g/mol. The molecule has 2 saturated heterocycles. The first kappa shape index (κ1) is 25.5. The van der Waals surface area contributed by atoms with Gasteiger partial charge in [0.15, 0.2) is 0 Å². The average Bonchev–Trinajstić information content (AvgIpc) is 3.09. The smallest absolute Gasteiger partial charge is 0.262 e. The number of benzene rings is 1. The lowest BCUT2D eigenvalue weighted by atomic mass is 10.0. The van der Waals surface area contributed by atoms with Gasteiger partial charge in [0.05, 0.1) is 11.1 Å². The highest BCUT2D eigenvalue weighted by Crippen LogP contribution is 2.28. The molecule has 0 spiro atoms. The van der Waals surface area contributed by atoms with Crippen molar-refractivity contribution < 1.29 is 19.2 Å². The summed E-state index contributed by atoms with van der Waals surface area (Å²) in [4.78, 5) is 55.5. The Bertz CT molecular complexity index is 957. The summed E-state index contributed by atoms with van der Waals surface area (Å²) in [5, 5.41) is 2.23. The van der Waals surface area contributed by atoms with Crippen molar-refractivity contribution in [3.05, 3.63) is 34.9 Å². The Labute approximate surface area is 207 Å². The molecule has 0 aromatic heterocycles. The molecular weight excluding hydrogens is 446 g/mol. The lowest BCUT2D eigenvalue weighted by Gasteiger charge is -2.34. The topological polar surface area (TPSA) is 116 Å². The first-order chi connectivity index (χ1) is 17.0. The first-order valence-corrected chi connectivity index (χ1v) is 13.0. The van der Waals surface area contributed by atoms with E-state index in [1.165, 1.54) is 32.1 Å². The molecule has 35 heavy (non-hydrogen) atoms. The molecule has 4 rings (SSSR count). The van der Waals surface area contributed by atoms with E-state index in [0.717, 1.165) is 62.7 Å². The lowest BCUT2D eigenvalue weighted by Crippen LogP contribution is -2.54. The summed E-state index contributed by atoms with van der Waals surface area (Å²) in [6, 6.07) is 4.45. The van der Waals surface area contributed by atoms with Gasteiger partial charge < -0.3 is 10.6 Å². The molecule has 9 nitrogen and oxygen atoms in total. The SMILES string of the molecule is NCCCCCCCCN1CCN(Cc2ccc3c(c2)C(=O)N(C2CCC(=O)NC2=O)C3=O)CC1. The van der Waals surface area contributed by atoms with Crippen LogP contribution in [0.3, 0.4) is 0 Å². The normalized spacial score (nSPS) is 21.5. The van der Waals surface area contributed by atoms with Crippen LogP contribution in [0.15, 0.2) is 18.2 Å². The number of hydrogen-bond acceptors (Lipinski definition) is 7. The molecule has 1 unspecified atom stereocenters. The van der Waals surface area contributed by atoms with Crippen molar-refractivity contribution in [2.45, 2.75) is 64.0 Å². The first-order valence-electron chi connectivity index (χ1n) is 13.0. The van der Waals surface area contributed by atoms with E-state index in [1.807, 2.05) is 6.07 Å². The maximum Gasteiger partial charge on any atom is 0.262 e. The molecule has 0 saturated carbocycles. The third-order valence-corrected chi connectivity index (χ3v) is 7.30. The van der Waals surface area contributed by atoms with Crippen LogP contribution in [-0.4, -0.2) is 83.6 Å². The van der Waals surface area contributed by atoms with Gasteiger partial charge >= 0.3 is 0 Å². The van der Waals surface area contributed by atoms with Gasteiger partial charge in [-0.05, 0) is 50.0 Å². The fourth-order valence-corrected chi connectivity index (χ4v) is 5.23. The van der Waals surface area contributed by atoms with Gasteiger partial charge in [0.1, 0.15) is 6.04 Å². The van der Waals surface area contributed by atoms with Gasteiger partial charge in [-0.3, -0.25) is 34.3 Å². The van der Waals surface area contributed by atoms with Gasteiger partial charge in [0.2, 0.25) is 11.8 Å². The minimum absolute atomic E-state index is 0.121. The van der Waals surface area contributed by atoms with Crippen molar-refractivity contribution in [3.8, 4) is 0 Å². The van der Waals surface area contributed by atoms with Gasteiger partial charge in [0, 0.05) is 39.1 Å². The predicted molar refractivity (Wildman–Crippen MR) is 132 cm³/mol. The number of carbonyl (C=O) groups is 4. The summed E-state index contributed by atoms with van der Waals surface area (Å²) in [7, 11) is 0. The lowest BCUT2D eigenvalue weighted by molar-refractivity contribution is -0.136. The largest absolute Gasteiger partial charge is 0.330 e. The Morgan fingerprint density at radius 1 is 0.829 bits per heavy atom. The standard InChI is InChI=1S/C26H37N5O4/c27-11-5-3-1-2-4-6-12-29-13-15-30(16-14-29)18-19-7-8-20-21(17-19)26(35)31(25(20)34)22-9-10-23(32)28-24(22)33/h7-8,17,22H,1-6,9-16,18,27H2,(H,28,32,33). The number of amides is 4. The molecular formula is C26H37N5O4. The number of fused-ring (bicyclic) bond motifs is 1. The molecule has 9 heteroatoms. The maximum atomic E-state index is 13.0. The molecule has 3 heterocycles. The summed E-state index contributed by atoms with van der Waals surface area (Å²) < 4.78 is 0. The molecule has 1 aromatic rings. The number of piperazine rings is 1. The summed E-state index contributed by atoms with van der Waals surface area (Å²) in [5.41, 5.74) is 7.21. The predicted octanol–water partition coefficient (Wildman–Crippen LogP) is 1.50. The van der Waals surface area contributed by atoms with E-state index in [0.29, 0.717) is 11.1 Å². The second-order valence-electron chi connectivity index (χ2n) is 9.85. The second kappa shape index (κ2) is 11.9. The van der Waals surface area contributed by atoms with Crippen molar-refractivity contribution in [2.24, 2.45) is 5.73 Å². The molecule has 190 valence electrons. The van der Waals surface area contributed by atoms with Crippen LogP contribution in [0.4, 0.5) is 0 Å². The van der Waals surface area contributed by atoms with Crippen molar-refractivity contribution in [2.75, 3.05) is 39.3 Å². The fourth-order valence-electron chi connectivity index (χ4n) is 5.23. The highest BCUT2D eigenvalue weighted by Gasteiger charge is 2.44. The molecule has 3 aliphatic heterocycles. The van der Waals surface area contributed by atoms with Crippen molar-refractivity contribution in [3.63, 3.8) is 0 Å². The molecule has 2 fully saturated rings. The Kier molecular flexibility index (Phi) is 8.64. The van der Waals surface area contributed by atoms with Crippen molar-refractivity contribution >= 4 is 23.6 Å². The van der Waals surface area contributed by atoms with Crippen LogP contribution in [0, 0.1) is 0 Å². The third-order valence-electron chi connectivity index (χ3n) is 7.30. The number of carbonyl (C=O) groups excluding carboxylic acids is 4. The van der Waals surface area contributed by atoms with Gasteiger partial charge in [-0.1, -0.05) is 31.7 Å². The van der Waals surface area contributed by atoms with E-state index >= 15 is 0 Å². The number of nitrogens with one attached hydrogen (secondary N) is 1. The molecule has 0 aliphatic carbocycles. The Morgan fingerprint density at radius 3 is 2.20 bits per heavy atom. The molecule has 3 aliphatic rings. The van der Waals surface area contributed by atoms with Crippen molar-refractivity contribution in [1.29, 1.82) is 0 Å². The van der Waals surface area contributed by atoms with Crippen molar-refractivity contribution in [1.82, 2.24) is 20.0 Å². The van der Waals surface area contributed by atoms with E-state index in [9.17, 15) is 19.2 Å². The second-order valence-corrected chi connectivity index (χ2v) is 9.85. The number of unbranched alkanes of at least 4 members (excludes halogenated alkanes) is 5. The zero-order valence-corrected chi connectivity index (χ0v) is 20.5. The van der Waals surface area contributed by atoms with Crippen LogP contribution in [0.25, 0.3) is 0 Å². The van der Waals surface area contributed by atoms with Gasteiger partial charge in [-0.15, -0.1) is 0 Å². The highest BCUT2D eigenvalue weighted by molar-refractivity contribution is 6.23. The molecule has 1 aromatic carbocycles. The molecule has 4 amide bonds. The highest BCUT2D eigenvalue weighted by atomic mass is 16.2. The van der Waals surface area contributed by atoms with E-state index in [2.05, 4.69) is 15.1 Å². The number of nitrogens with zero attached hydrogens (tertiary/aromatic N) is 3. The summed E-state index contributed by atoms with van der Waals surface area (Å²) in [6.07, 6.45) is 7.76. The number of hydrogen-bond donors (Lipinski definition) is 2. The van der Waals surface area contributed by atoms with Gasteiger partial charge in [-0.25, -0.2) is 0 Å². The zero-order valence-electron chi connectivity index (χ0n) is 20.5. The Hall–Kier alpha value is -2.62. The molecule has 0 radical (unpaired) electrons. The molecule has 0 bridgehead atoms. The maximum absolute atomic E-state index is 13.0. The Morgan fingerprint density at radius 2 is 1.49 bits per heavy atom. The number of imide groups is 2. The summed E-state index contributed by atoms with van der Waals surface area (Å²) in [6.45, 7) is 6.70. The van der Waals surface area contributed by atoms with E-state index in [1.54, 1.807) is 12.1 Å². The minimum atomic E-state index is -0.928. The summed E-state index contributed by atoms with van der Waals surface area (Å²) >= 11 is 0. The zero-order chi connectivity index (χ0) is 24.8. The van der Waals surface area contributed by atoms with Crippen LogP contribution >= 0.6 is 0 Å². The summed E-state index contributed by atoms with van der Waals surface area (Å²) in [5.74, 6) is -1.86. The number of rotatable bonds is 11. The minimum Gasteiger partial charge on any atom is -0.330 e. The number of nitrogens with two attached hydrogens (primary N) is 1. The quantitative estimate of drug-likeness (QED) is 0.362. The van der Waals surface area contributed by atoms with Gasteiger partial charge in [-0.2, -0.15) is 0 Å². The van der Waals surface area contributed by atoms with E-state index in [4.69, 9.17) is 5.73 Å². The van der Waals surface area contributed by atoms with Crippen LogP contribution in [0.5, 0.6) is 0 Å².